The zero-order valence-electron chi connectivity index (χ0n) is 27.3. The van der Waals surface area contributed by atoms with Crippen molar-refractivity contribution in [2.75, 3.05) is 31.8 Å². The van der Waals surface area contributed by atoms with Crippen molar-refractivity contribution in [1.82, 2.24) is 9.55 Å². The molecule has 2 N–H and O–H groups in total. The predicted octanol–water partition coefficient (Wildman–Crippen LogP) is 7.17. The van der Waals surface area contributed by atoms with Gasteiger partial charge in [-0.05, 0) is 24.6 Å². The van der Waals surface area contributed by atoms with Crippen molar-refractivity contribution in [1.29, 1.82) is 0 Å². The molecule has 5 atom stereocenters. The average Bonchev–Trinajstić information content (AvgIpc) is 3.41. The number of thioether (sulfide) groups is 1. The first-order valence-electron chi connectivity index (χ1n) is 16.4. The van der Waals surface area contributed by atoms with E-state index in [1.54, 1.807) is 18.7 Å². The molecule has 1 aromatic heterocycles. The molecule has 1 fully saturated rings. The Balaban J connectivity index is 1.59. The number of nitrogens with one attached hydrogen (secondary N) is 1. The fraction of sp³-hybridized carbons (Fsp3) is 0.867. The number of ether oxygens (including phenoxy) is 2. The summed E-state index contributed by atoms with van der Waals surface area (Å²) in [5, 5.41) is 3.68. The molecule has 15 heteroatoms. The number of aromatic amines is 1. The number of hydrogen-bond donors (Lipinski definition) is 2. The van der Waals surface area contributed by atoms with Crippen LogP contribution in [0.25, 0.3) is 10.4 Å². The lowest BCUT2D eigenvalue weighted by Crippen LogP contribution is -2.33. The molecule has 0 saturated carbocycles. The minimum atomic E-state index is -4.47. The zero-order valence-corrected chi connectivity index (χ0v) is 29.0. The molecular formula is C30H54N5O8PS. The minimum Gasteiger partial charge on any atom is -0.378 e. The lowest BCUT2D eigenvalue weighted by molar-refractivity contribution is -0.0303. The third-order valence-electron chi connectivity index (χ3n) is 7.97. The summed E-state index contributed by atoms with van der Waals surface area (Å²) in [7, 11) is -2.94. The number of phosphoric ester groups is 1. The van der Waals surface area contributed by atoms with Crippen molar-refractivity contribution in [3.05, 3.63) is 43.0 Å². The van der Waals surface area contributed by atoms with E-state index in [2.05, 4.69) is 21.9 Å². The van der Waals surface area contributed by atoms with Crippen molar-refractivity contribution in [3.63, 3.8) is 0 Å². The van der Waals surface area contributed by atoms with Gasteiger partial charge in [-0.2, -0.15) is 11.8 Å². The van der Waals surface area contributed by atoms with Crippen molar-refractivity contribution in [2.24, 2.45) is 5.11 Å². The van der Waals surface area contributed by atoms with E-state index >= 15 is 0 Å². The third-order valence-corrected chi connectivity index (χ3v) is 10.1. The van der Waals surface area contributed by atoms with Gasteiger partial charge in [0.05, 0.1) is 31.5 Å². The van der Waals surface area contributed by atoms with Gasteiger partial charge in [0.15, 0.2) is 0 Å². The van der Waals surface area contributed by atoms with Crippen LogP contribution in [0.1, 0.15) is 115 Å². The SMILES string of the molecule is CCCCCCCCCCCCCCCCSCC(COP(=O)(O)OCC1OC(n2cc(C)c(=O)[nH]c2=O)CC1N=[N+]=[N-])OC. The van der Waals surface area contributed by atoms with Gasteiger partial charge < -0.3 is 14.4 Å². The summed E-state index contributed by atoms with van der Waals surface area (Å²) in [6.45, 7) is 3.27. The van der Waals surface area contributed by atoms with Crippen LogP contribution in [-0.4, -0.2) is 64.5 Å². The molecule has 1 saturated heterocycles. The van der Waals surface area contributed by atoms with E-state index in [-0.39, 0.29) is 19.1 Å². The summed E-state index contributed by atoms with van der Waals surface area (Å²) in [4.78, 5) is 39.2. The Morgan fingerprint density at radius 1 is 1.09 bits per heavy atom. The molecule has 5 unspecified atom stereocenters. The number of unbranched alkanes of at least 4 members (excludes halogenated alkanes) is 13. The molecule has 1 aliphatic heterocycles. The van der Waals surface area contributed by atoms with Gasteiger partial charge in [-0.15, -0.1) is 0 Å². The van der Waals surface area contributed by atoms with Gasteiger partial charge in [-0.3, -0.25) is 23.4 Å². The summed E-state index contributed by atoms with van der Waals surface area (Å²) < 4.78 is 35.3. The van der Waals surface area contributed by atoms with Gasteiger partial charge in [-0.1, -0.05) is 95.5 Å². The Morgan fingerprint density at radius 3 is 2.27 bits per heavy atom. The Hall–Kier alpha value is -1.63. The lowest BCUT2D eigenvalue weighted by atomic mass is 10.0. The predicted molar refractivity (Wildman–Crippen MR) is 178 cm³/mol. The first-order chi connectivity index (χ1) is 21.7. The Morgan fingerprint density at radius 2 is 1.69 bits per heavy atom. The van der Waals surface area contributed by atoms with Gasteiger partial charge in [0.1, 0.15) is 6.23 Å². The van der Waals surface area contributed by atoms with Crippen molar-refractivity contribution >= 4 is 19.6 Å². The van der Waals surface area contributed by atoms with Crippen LogP contribution in [0.5, 0.6) is 0 Å². The lowest BCUT2D eigenvalue weighted by Gasteiger charge is -2.20. The van der Waals surface area contributed by atoms with Crippen LogP contribution in [0.15, 0.2) is 20.9 Å². The standard InChI is InChI=1S/C30H54N5O8PS/c1-4-5-6-7-8-9-10-11-12-13-14-15-16-17-18-45-23-25(40-3)21-41-44(38,39)42-22-27-26(33-34-31)19-28(43-27)35-20-24(2)29(36)32-30(35)37/h20,25-28H,4-19,21-23H2,1-3H3,(H,38,39)(H,32,36,37). The highest BCUT2D eigenvalue weighted by Crippen LogP contribution is 2.44. The molecular weight excluding hydrogens is 621 g/mol. The number of azide groups is 1. The topological polar surface area (TPSA) is 178 Å². The highest BCUT2D eigenvalue weighted by Gasteiger charge is 2.38. The first kappa shape index (κ1) is 39.5. The van der Waals surface area contributed by atoms with E-state index in [4.69, 9.17) is 24.1 Å². The molecule has 2 heterocycles. The van der Waals surface area contributed by atoms with Gasteiger partial charge in [0.2, 0.25) is 0 Å². The van der Waals surface area contributed by atoms with E-state index in [0.29, 0.717) is 11.3 Å². The number of rotatable bonds is 26. The molecule has 1 aromatic rings. The Labute approximate surface area is 271 Å². The van der Waals surface area contributed by atoms with Gasteiger partial charge in [-0.25, -0.2) is 9.36 Å². The molecule has 258 valence electrons. The fourth-order valence-corrected chi connectivity index (χ4v) is 7.04. The second-order valence-electron chi connectivity index (χ2n) is 11.7. The van der Waals surface area contributed by atoms with Crippen LogP contribution in [0.3, 0.4) is 0 Å². The summed E-state index contributed by atoms with van der Waals surface area (Å²) >= 11 is 1.73. The third kappa shape index (κ3) is 16.2. The number of aromatic nitrogens is 2. The zero-order chi connectivity index (χ0) is 32.9. The van der Waals surface area contributed by atoms with Crippen LogP contribution < -0.4 is 11.2 Å². The second-order valence-corrected chi connectivity index (χ2v) is 14.3. The minimum absolute atomic E-state index is 0.113. The average molecular weight is 676 g/mol. The highest BCUT2D eigenvalue weighted by atomic mass is 32.2. The van der Waals surface area contributed by atoms with E-state index in [9.17, 15) is 19.0 Å². The summed E-state index contributed by atoms with van der Waals surface area (Å²) in [5.74, 6) is 1.61. The smallest absolute Gasteiger partial charge is 0.378 e. The fourth-order valence-electron chi connectivity index (χ4n) is 5.20. The van der Waals surface area contributed by atoms with Crippen molar-refractivity contribution in [2.45, 2.75) is 135 Å². The Kier molecular flexibility index (Phi) is 20.1. The second kappa shape index (κ2) is 22.8. The van der Waals surface area contributed by atoms with Gasteiger partial charge in [0, 0.05) is 36.0 Å². The molecule has 0 aliphatic carbocycles. The quantitative estimate of drug-likeness (QED) is 0.0338. The van der Waals surface area contributed by atoms with Gasteiger partial charge >= 0.3 is 13.5 Å². The van der Waals surface area contributed by atoms with Crippen molar-refractivity contribution < 1.29 is 28.0 Å². The molecule has 0 spiro atoms. The molecule has 0 bridgehead atoms. The van der Waals surface area contributed by atoms with Crippen LogP contribution >= 0.6 is 19.6 Å². The molecule has 45 heavy (non-hydrogen) atoms. The van der Waals surface area contributed by atoms with Crippen LogP contribution in [-0.2, 0) is 23.1 Å². The number of methoxy groups -OCH3 is 1. The van der Waals surface area contributed by atoms with E-state index < -0.39 is 44.1 Å². The number of nitrogens with zero attached hydrogens (tertiary/aromatic N) is 4. The van der Waals surface area contributed by atoms with Crippen LogP contribution in [0.4, 0.5) is 0 Å². The maximum atomic E-state index is 12.6. The first-order valence-corrected chi connectivity index (χ1v) is 19.1. The molecule has 13 nitrogen and oxygen atoms in total. The largest absolute Gasteiger partial charge is 0.472 e. The normalized spacial score (nSPS) is 20.1. The summed E-state index contributed by atoms with van der Waals surface area (Å²) in [5.41, 5.74) is 8.06. The van der Waals surface area contributed by atoms with Crippen LogP contribution in [0, 0.1) is 6.92 Å². The molecule has 1 aliphatic rings. The number of phosphoric acid groups is 1. The summed E-state index contributed by atoms with van der Waals surface area (Å²) in [6, 6.07) is -0.767. The van der Waals surface area contributed by atoms with E-state index in [1.807, 2.05) is 0 Å². The van der Waals surface area contributed by atoms with Crippen molar-refractivity contribution in [3.8, 4) is 0 Å². The number of hydrogen-bond acceptors (Lipinski definition) is 9. The van der Waals surface area contributed by atoms with E-state index in [0.717, 1.165) is 12.2 Å². The number of aryl methyl sites for hydroxylation is 1. The molecule has 0 aromatic carbocycles. The van der Waals surface area contributed by atoms with Gasteiger partial charge in [0.25, 0.3) is 5.56 Å². The summed E-state index contributed by atoms with van der Waals surface area (Å²) in [6.07, 6.45) is 17.9. The van der Waals surface area contributed by atoms with Crippen LogP contribution in [0.2, 0.25) is 0 Å². The number of H-pyrrole nitrogens is 1. The molecule has 0 radical (unpaired) electrons. The Bertz CT molecular complexity index is 1180. The maximum absolute atomic E-state index is 12.6. The molecule has 2 rings (SSSR count). The maximum Gasteiger partial charge on any atom is 0.472 e. The molecule has 0 amide bonds. The highest BCUT2D eigenvalue weighted by molar-refractivity contribution is 7.99. The van der Waals surface area contributed by atoms with E-state index in [1.165, 1.54) is 101 Å². The monoisotopic (exact) mass is 675 g/mol.